The summed E-state index contributed by atoms with van der Waals surface area (Å²) < 4.78 is 0. The van der Waals surface area contributed by atoms with Crippen LogP contribution in [0.2, 0.25) is 0 Å². The van der Waals surface area contributed by atoms with Crippen LogP contribution in [0.5, 0.6) is 0 Å². The molecule has 0 N–H and O–H groups in total. The summed E-state index contributed by atoms with van der Waals surface area (Å²) in [6.07, 6.45) is 2.67. The fraction of sp³-hybridized carbons (Fsp3) is 0.857. The lowest BCUT2D eigenvalue weighted by molar-refractivity contribution is 0.136. The zero-order valence-corrected chi connectivity index (χ0v) is 6.29. The molecule has 1 aliphatic rings. The Morgan fingerprint density at radius 2 is 2.25 bits per heavy atom. The summed E-state index contributed by atoms with van der Waals surface area (Å²) in [4.78, 5) is 0. The summed E-state index contributed by atoms with van der Waals surface area (Å²) in [7, 11) is 0. The Balaban J connectivity index is 2.49. The Bertz CT molecular complexity index is 105. The molecular formula is C7H12S. The predicted octanol–water partition coefficient (Wildman–Crippen LogP) is 2.42. The van der Waals surface area contributed by atoms with E-state index in [9.17, 15) is 0 Å². The minimum absolute atomic E-state index is 0.530. The van der Waals surface area contributed by atoms with Gasteiger partial charge in [0.05, 0.1) is 0 Å². The van der Waals surface area contributed by atoms with Crippen molar-refractivity contribution >= 4 is 17.6 Å². The van der Waals surface area contributed by atoms with Gasteiger partial charge in [-0.25, -0.2) is 0 Å². The van der Waals surface area contributed by atoms with Crippen molar-refractivity contribution in [1.82, 2.24) is 0 Å². The maximum atomic E-state index is 4.85. The van der Waals surface area contributed by atoms with E-state index in [0.717, 1.165) is 5.92 Å². The first-order valence-electron chi connectivity index (χ1n) is 3.12. The molecular weight excluding hydrogens is 116 g/mol. The largest absolute Gasteiger partial charge is 0.0932 e. The normalized spacial score (nSPS) is 33.5. The number of hydrogen-bond donors (Lipinski definition) is 0. The summed E-state index contributed by atoms with van der Waals surface area (Å²) in [5, 5.41) is 1.92. The van der Waals surface area contributed by atoms with E-state index in [1.54, 1.807) is 0 Å². The molecule has 0 nitrogen and oxygen atoms in total. The maximum Gasteiger partial charge on any atom is -0.00770 e. The molecule has 8 heavy (non-hydrogen) atoms. The second-order valence-electron chi connectivity index (χ2n) is 3.27. The van der Waals surface area contributed by atoms with Crippen LogP contribution >= 0.6 is 12.2 Å². The minimum Gasteiger partial charge on any atom is -0.0932 e. The Hall–Kier alpha value is 0.0900. The first-order chi connectivity index (χ1) is 3.67. The van der Waals surface area contributed by atoms with E-state index in [1.165, 1.54) is 12.8 Å². The Morgan fingerprint density at radius 1 is 1.62 bits per heavy atom. The molecule has 0 saturated heterocycles. The molecule has 0 amide bonds. The van der Waals surface area contributed by atoms with Gasteiger partial charge in [0, 0.05) is 0 Å². The molecule has 46 valence electrons. The second kappa shape index (κ2) is 1.80. The van der Waals surface area contributed by atoms with Crippen molar-refractivity contribution in [3.8, 4) is 0 Å². The van der Waals surface area contributed by atoms with Crippen LogP contribution < -0.4 is 0 Å². The summed E-state index contributed by atoms with van der Waals surface area (Å²) in [6.45, 7) is 4.56. The molecule has 0 radical (unpaired) electrons. The van der Waals surface area contributed by atoms with Crippen LogP contribution in [0.15, 0.2) is 0 Å². The van der Waals surface area contributed by atoms with Gasteiger partial charge in [0.15, 0.2) is 0 Å². The van der Waals surface area contributed by atoms with E-state index in [4.69, 9.17) is 12.2 Å². The molecule has 0 heterocycles. The average molecular weight is 128 g/mol. The van der Waals surface area contributed by atoms with Gasteiger partial charge in [0.2, 0.25) is 0 Å². The Kier molecular flexibility index (Phi) is 1.40. The van der Waals surface area contributed by atoms with Gasteiger partial charge in [-0.3, -0.25) is 0 Å². The van der Waals surface area contributed by atoms with Crippen molar-refractivity contribution in [3.63, 3.8) is 0 Å². The molecule has 0 aromatic carbocycles. The highest BCUT2D eigenvalue weighted by atomic mass is 32.1. The van der Waals surface area contributed by atoms with Gasteiger partial charge in [-0.05, 0) is 29.5 Å². The minimum atomic E-state index is 0.530. The molecule has 0 aliphatic heterocycles. The third kappa shape index (κ3) is 0.795. The first-order valence-corrected chi connectivity index (χ1v) is 3.59. The van der Waals surface area contributed by atoms with Crippen molar-refractivity contribution in [3.05, 3.63) is 0 Å². The summed E-state index contributed by atoms with van der Waals surface area (Å²) in [6, 6.07) is 0. The van der Waals surface area contributed by atoms with Gasteiger partial charge < -0.3 is 0 Å². The SMILES string of the molecule is CC1(C)CCC1C=S. The monoisotopic (exact) mass is 128 g/mol. The fourth-order valence-corrected chi connectivity index (χ4v) is 1.65. The topological polar surface area (TPSA) is 0 Å². The lowest BCUT2D eigenvalue weighted by Crippen LogP contribution is -2.34. The molecule has 1 fully saturated rings. The first kappa shape index (κ1) is 6.21. The van der Waals surface area contributed by atoms with E-state index in [-0.39, 0.29) is 0 Å². The van der Waals surface area contributed by atoms with E-state index < -0.39 is 0 Å². The average Bonchev–Trinajstić information content (AvgIpc) is 1.66. The summed E-state index contributed by atoms with van der Waals surface area (Å²) in [5.41, 5.74) is 0.530. The molecule has 1 saturated carbocycles. The molecule has 1 unspecified atom stereocenters. The van der Waals surface area contributed by atoms with Crippen molar-refractivity contribution in [2.45, 2.75) is 26.7 Å². The molecule has 1 aliphatic carbocycles. The molecule has 1 atom stereocenters. The van der Waals surface area contributed by atoms with Crippen LogP contribution in [-0.2, 0) is 0 Å². The van der Waals surface area contributed by atoms with Crippen LogP contribution in [0.25, 0.3) is 0 Å². The summed E-state index contributed by atoms with van der Waals surface area (Å²) in [5.74, 6) is 0.720. The zero-order chi connectivity index (χ0) is 6.20. The Morgan fingerprint density at radius 3 is 2.25 bits per heavy atom. The zero-order valence-electron chi connectivity index (χ0n) is 5.48. The van der Waals surface area contributed by atoms with Crippen molar-refractivity contribution in [2.75, 3.05) is 0 Å². The molecule has 1 rings (SSSR count). The van der Waals surface area contributed by atoms with Gasteiger partial charge in [-0.15, -0.1) is 0 Å². The number of rotatable bonds is 1. The fourth-order valence-electron chi connectivity index (χ4n) is 1.14. The summed E-state index contributed by atoms with van der Waals surface area (Å²) >= 11 is 4.85. The third-order valence-electron chi connectivity index (χ3n) is 2.27. The molecule has 0 aromatic heterocycles. The van der Waals surface area contributed by atoms with E-state index in [1.807, 2.05) is 5.37 Å². The predicted molar refractivity (Wildman–Crippen MR) is 40.2 cm³/mol. The lowest BCUT2D eigenvalue weighted by atomic mass is 9.64. The van der Waals surface area contributed by atoms with Crippen LogP contribution in [0.3, 0.4) is 0 Å². The molecule has 0 bridgehead atoms. The van der Waals surface area contributed by atoms with Gasteiger partial charge in [0.25, 0.3) is 0 Å². The van der Waals surface area contributed by atoms with Gasteiger partial charge in [-0.1, -0.05) is 26.1 Å². The van der Waals surface area contributed by atoms with Gasteiger partial charge in [0.1, 0.15) is 0 Å². The van der Waals surface area contributed by atoms with Crippen molar-refractivity contribution < 1.29 is 0 Å². The highest BCUT2D eigenvalue weighted by Crippen LogP contribution is 2.44. The van der Waals surface area contributed by atoms with Gasteiger partial charge >= 0.3 is 0 Å². The molecule has 0 aromatic rings. The number of hydrogen-bond acceptors (Lipinski definition) is 1. The third-order valence-corrected chi connectivity index (χ3v) is 2.60. The molecule has 1 heteroatoms. The van der Waals surface area contributed by atoms with E-state index in [2.05, 4.69) is 13.8 Å². The van der Waals surface area contributed by atoms with Crippen LogP contribution in [-0.4, -0.2) is 5.37 Å². The quantitative estimate of drug-likeness (QED) is 0.489. The number of thiocarbonyl (C=S) groups is 1. The van der Waals surface area contributed by atoms with Gasteiger partial charge in [-0.2, -0.15) is 0 Å². The highest BCUT2D eigenvalue weighted by molar-refractivity contribution is 7.79. The maximum absolute atomic E-state index is 4.85. The standard InChI is InChI=1S/C7H12S/c1-7(2)4-3-6(7)5-8/h5-6H,3-4H2,1-2H3. The van der Waals surface area contributed by atoms with E-state index >= 15 is 0 Å². The van der Waals surface area contributed by atoms with Crippen LogP contribution in [0.1, 0.15) is 26.7 Å². The second-order valence-corrected chi connectivity index (χ2v) is 3.54. The molecule has 0 spiro atoms. The van der Waals surface area contributed by atoms with Crippen LogP contribution in [0.4, 0.5) is 0 Å². The van der Waals surface area contributed by atoms with Crippen molar-refractivity contribution in [1.29, 1.82) is 0 Å². The van der Waals surface area contributed by atoms with Crippen LogP contribution in [0, 0.1) is 11.3 Å². The smallest absolute Gasteiger partial charge is 0.00770 e. The van der Waals surface area contributed by atoms with Crippen molar-refractivity contribution in [2.24, 2.45) is 11.3 Å². The Labute approximate surface area is 56.3 Å². The van der Waals surface area contributed by atoms with E-state index in [0.29, 0.717) is 5.41 Å². The lowest BCUT2D eigenvalue weighted by Gasteiger charge is -2.42. The highest BCUT2D eigenvalue weighted by Gasteiger charge is 2.36.